The molecule has 1 saturated heterocycles. The molecule has 2 unspecified atom stereocenters. The first-order valence-corrected chi connectivity index (χ1v) is 14.3. The Morgan fingerprint density at radius 3 is 2.57 bits per heavy atom. The number of oxime groups is 1. The maximum atomic E-state index is 14.4. The molecule has 0 bridgehead atoms. The van der Waals surface area contributed by atoms with Gasteiger partial charge >= 0.3 is 17.9 Å². The number of rotatable bonds is 7. The van der Waals surface area contributed by atoms with E-state index in [0.29, 0.717) is 42.8 Å². The van der Waals surface area contributed by atoms with E-state index in [1.807, 2.05) is 42.3 Å². The number of hydrogen-bond donors (Lipinski definition) is 0. The lowest BCUT2D eigenvalue weighted by Gasteiger charge is -2.38. The van der Waals surface area contributed by atoms with Crippen molar-refractivity contribution in [2.45, 2.75) is 44.3 Å². The minimum absolute atomic E-state index is 0.134. The summed E-state index contributed by atoms with van der Waals surface area (Å²) >= 11 is 0. The topological polar surface area (TPSA) is 76.0 Å². The number of carbonyl (C=O) groups excluding carboxylic acids is 1. The molecule has 1 fully saturated rings. The zero-order valence-corrected chi connectivity index (χ0v) is 25.3. The van der Waals surface area contributed by atoms with E-state index in [0.717, 1.165) is 23.0 Å². The first kappa shape index (κ1) is 31.4. The number of piperidine rings is 1. The summed E-state index contributed by atoms with van der Waals surface area (Å²) in [6, 6.07) is 7.37. The smallest absolute Gasteiger partial charge is 0.416 e. The van der Waals surface area contributed by atoms with Gasteiger partial charge in [-0.2, -0.15) is 22.0 Å². The van der Waals surface area contributed by atoms with E-state index in [4.69, 9.17) is 14.3 Å². The molecule has 44 heavy (non-hydrogen) atoms. The van der Waals surface area contributed by atoms with Gasteiger partial charge in [0.05, 0.1) is 37.2 Å². The fourth-order valence-electron chi connectivity index (χ4n) is 5.39. The molecule has 234 valence electrons. The van der Waals surface area contributed by atoms with Crippen LogP contribution >= 0.6 is 9.24 Å². The lowest BCUT2D eigenvalue weighted by molar-refractivity contribution is -0.189. The SMILES string of the molecule is CCOC(=O)C1(c2cc(C(F)(F)F)cc(C(F)(F)P)c2)ON=C2/C(=C/c3ccc(N4C=C(C)N=CC4)c(OC)c3)CCCN21. The number of halogens is 5. The summed E-state index contributed by atoms with van der Waals surface area (Å²) in [4.78, 5) is 26.8. The molecule has 3 heterocycles. The van der Waals surface area contributed by atoms with Crippen LogP contribution < -0.4 is 9.64 Å². The lowest BCUT2D eigenvalue weighted by atomic mass is 9.92. The number of aliphatic imine (C=N–C) groups is 1. The standard InChI is InChI=1S/C30H30F5N4O4P/c1-4-42-27(40)28(21-14-22(29(31,32)33)16-23(15-21)30(34,35)44)39-10-5-6-20(26(39)37-43-28)12-19-7-8-24(25(13-19)41-3)38-11-9-36-18(2)17-38/h7-9,12-17H,4-6,10-11,44H2,1-3H3/b20-12+. The quantitative estimate of drug-likeness (QED) is 0.193. The van der Waals surface area contributed by atoms with E-state index in [2.05, 4.69) is 10.1 Å². The third kappa shape index (κ3) is 5.89. The number of allylic oxidation sites excluding steroid dienone is 1. The molecule has 0 N–H and O–H groups in total. The zero-order valence-electron chi connectivity index (χ0n) is 24.1. The van der Waals surface area contributed by atoms with Crippen molar-refractivity contribution in [3.05, 3.63) is 76.1 Å². The number of ether oxygens (including phenoxy) is 2. The molecular formula is C30H30F5N4O4P. The van der Waals surface area contributed by atoms with Gasteiger partial charge in [-0.15, -0.1) is 0 Å². The van der Waals surface area contributed by atoms with E-state index in [1.165, 1.54) is 21.1 Å². The average molecular weight is 637 g/mol. The molecule has 3 aliphatic rings. The average Bonchev–Trinajstić information content (AvgIpc) is 3.38. The number of esters is 1. The van der Waals surface area contributed by atoms with Crippen LogP contribution in [0.2, 0.25) is 0 Å². The van der Waals surface area contributed by atoms with Gasteiger partial charge in [0.1, 0.15) is 5.75 Å². The molecule has 0 amide bonds. The number of fused-ring (bicyclic) bond motifs is 1. The Morgan fingerprint density at radius 2 is 1.91 bits per heavy atom. The molecule has 2 aromatic carbocycles. The predicted molar refractivity (Wildman–Crippen MR) is 158 cm³/mol. The minimum Gasteiger partial charge on any atom is -0.495 e. The molecular weight excluding hydrogens is 606 g/mol. The Labute approximate surface area is 253 Å². The van der Waals surface area contributed by atoms with Gasteiger partial charge in [-0.05, 0) is 74.2 Å². The molecule has 0 spiro atoms. The molecule has 5 rings (SSSR count). The summed E-state index contributed by atoms with van der Waals surface area (Å²) in [6.45, 7) is 3.97. The maximum absolute atomic E-state index is 14.4. The van der Waals surface area contributed by atoms with Crippen molar-refractivity contribution in [1.29, 1.82) is 0 Å². The fourth-order valence-corrected chi connectivity index (χ4v) is 5.55. The fraction of sp³-hybridized carbons (Fsp3) is 0.367. The number of hydrogen-bond acceptors (Lipinski definition) is 8. The van der Waals surface area contributed by atoms with Gasteiger partial charge in [0.25, 0.3) is 5.66 Å². The van der Waals surface area contributed by atoms with Gasteiger partial charge in [0, 0.05) is 30.1 Å². The highest BCUT2D eigenvalue weighted by Crippen LogP contribution is 2.46. The van der Waals surface area contributed by atoms with Crippen molar-refractivity contribution in [3.8, 4) is 5.75 Å². The van der Waals surface area contributed by atoms with Crippen molar-refractivity contribution in [1.82, 2.24) is 4.90 Å². The normalized spacial score (nSPS) is 21.1. The summed E-state index contributed by atoms with van der Waals surface area (Å²) in [5, 5.41) is 4.13. The molecule has 0 saturated carbocycles. The number of benzene rings is 2. The lowest BCUT2D eigenvalue weighted by Crippen LogP contribution is -2.54. The highest BCUT2D eigenvalue weighted by Gasteiger charge is 2.58. The van der Waals surface area contributed by atoms with E-state index in [-0.39, 0.29) is 19.0 Å². The third-order valence-electron chi connectivity index (χ3n) is 7.37. The van der Waals surface area contributed by atoms with Gasteiger partial charge in [-0.25, -0.2) is 4.79 Å². The Morgan fingerprint density at radius 1 is 1.16 bits per heavy atom. The van der Waals surface area contributed by atoms with Crippen LogP contribution in [0.5, 0.6) is 5.75 Å². The second kappa shape index (κ2) is 11.8. The molecule has 2 atom stereocenters. The van der Waals surface area contributed by atoms with Crippen molar-refractivity contribution in [3.63, 3.8) is 0 Å². The van der Waals surface area contributed by atoms with Gasteiger partial charge < -0.3 is 24.1 Å². The van der Waals surface area contributed by atoms with Crippen LogP contribution in [0.4, 0.5) is 27.6 Å². The van der Waals surface area contributed by atoms with Crippen molar-refractivity contribution in [2.24, 2.45) is 10.1 Å². The number of amidine groups is 1. The number of methoxy groups -OCH3 is 1. The van der Waals surface area contributed by atoms with Crippen LogP contribution in [0.15, 0.2) is 64.0 Å². The molecule has 3 aliphatic heterocycles. The minimum atomic E-state index is -4.98. The molecule has 14 heteroatoms. The Bertz CT molecular complexity index is 1550. The van der Waals surface area contributed by atoms with Crippen molar-refractivity contribution >= 4 is 39.0 Å². The van der Waals surface area contributed by atoms with Crippen LogP contribution in [-0.2, 0) is 31.9 Å². The van der Waals surface area contributed by atoms with Crippen LogP contribution in [-0.4, -0.2) is 49.7 Å². The molecule has 8 nitrogen and oxygen atoms in total. The van der Waals surface area contributed by atoms with Gasteiger partial charge in [-0.1, -0.05) is 20.5 Å². The summed E-state index contributed by atoms with van der Waals surface area (Å²) in [5.41, 5.74) is -5.85. The van der Waals surface area contributed by atoms with E-state index in [9.17, 15) is 26.7 Å². The Balaban J connectivity index is 1.56. The molecule has 2 aromatic rings. The molecule has 0 aliphatic carbocycles. The van der Waals surface area contributed by atoms with Crippen molar-refractivity contribution in [2.75, 3.05) is 31.7 Å². The highest BCUT2D eigenvalue weighted by molar-refractivity contribution is 7.17. The summed E-state index contributed by atoms with van der Waals surface area (Å²) < 4.78 is 81.3. The summed E-state index contributed by atoms with van der Waals surface area (Å²) in [7, 11) is 2.77. The second-order valence-corrected chi connectivity index (χ2v) is 11.1. The monoisotopic (exact) mass is 636 g/mol. The third-order valence-corrected chi connectivity index (χ3v) is 7.71. The van der Waals surface area contributed by atoms with Crippen LogP contribution in [0.25, 0.3) is 6.08 Å². The molecule has 0 radical (unpaired) electrons. The second-order valence-electron chi connectivity index (χ2n) is 10.4. The van der Waals surface area contributed by atoms with Crippen molar-refractivity contribution < 1.29 is 41.1 Å². The first-order chi connectivity index (χ1) is 20.8. The summed E-state index contributed by atoms with van der Waals surface area (Å²) in [5.74, 6) is -0.293. The maximum Gasteiger partial charge on any atom is 0.416 e. The number of carbonyl (C=O) groups is 1. The zero-order chi connectivity index (χ0) is 31.9. The molecule has 0 aromatic heterocycles. The van der Waals surface area contributed by atoms with E-state index < -0.39 is 40.2 Å². The highest BCUT2D eigenvalue weighted by atomic mass is 31.0. The largest absolute Gasteiger partial charge is 0.495 e. The van der Waals surface area contributed by atoms with Crippen LogP contribution in [0.3, 0.4) is 0 Å². The number of anilines is 1. The Hall–Kier alpha value is -3.99. The van der Waals surface area contributed by atoms with Crippen LogP contribution in [0.1, 0.15) is 48.9 Å². The van der Waals surface area contributed by atoms with Gasteiger partial charge in [0.15, 0.2) is 5.84 Å². The first-order valence-electron chi connectivity index (χ1n) is 13.8. The predicted octanol–water partition coefficient (Wildman–Crippen LogP) is 6.63. The summed E-state index contributed by atoms with van der Waals surface area (Å²) in [6.07, 6.45) is 1.50. The number of nitrogens with zero attached hydrogens (tertiary/aromatic N) is 4. The number of alkyl halides is 5. The van der Waals surface area contributed by atoms with Crippen LogP contribution in [0, 0.1) is 0 Å². The van der Waals surface area contributed by atoms with E-state index >= 15 is 0 Å². The Kier molecular flexibility index (Phi) is 8.45. The van der Waals surface area contributed by atoms with Gasteiger partial charge in [-0.3, -0.25) is 4.99 Å². The van der Waals surface area contributed by atoms with E-state index in [1.54, 1.807) is 13.3 Å². The van der Waals surface area contributed by atoms with Gasteiger partial charge in [0.2, 0.25) is 0 Å².